The standard InChI is InChI=1S/C21H29N3O3Si/c1-16-13-24(14-26-10-11-28(3,4)5)21-18(16)12-19(22-23-21)17-8-6-7-9-20(17)27-15-25-2/h6-9,12-13H,10-11,14-15H2,1-5H3. The number of fused-ring (bicyclic) bond motifs is 1. The summed E-state index contributed by atoms with van der Waals surface area (Å²) in [5.41, 5.74) is 3.66. The third kappa shape index (κ3) is 4.98. The number of benzene rings is 1. The van der Waals surface area contributed by atoms with Gasteiger partial charge in [0.2, 0.25) is 0 Å². The van der Waals surface area contributed by atoms with Crippen LogP contribution in [0.4, 0.5) is 0 Å². The van der Waals surface area contributed by atoms with E-state index in [1.165, 1.54) is 0 Å². The van der Waals surface area contributed by atoms with Crippen molar-refractivity contribution in [1.29, 1.82) is 0 Å². The Hall–Kier alpha value is -2.22. The highest BCUT2D eigenvalue weighted by molar-refractivity contribution is 6.76. The largest absolute Gasteiger partial charge is 0.467 e. The lowest BCUT2D eigenvalue weighted by atomic mass is 10.1. The highest BCUT2D eigenvalue weighted by atomic mass is 28.3. The van der Waals surface area contributed by atoms with Crippen LogP contribution in [0.25, 0.3) is 22.3 Å². The molecule has 0 unspecified atom stereocenters. The molecule has 2 heterocycles. The second-order valence-electron chi connectivity index (χ2n) is 8.14. The summed E-state index contributed by atoms with van der Waals surface area (Å²) in [5.74, 6) is 0.727. The fraction of sp³-hybridized carbons (Fsp3) is 0.429. The Balaban J connectivity index is 1.83. The lowest BCUT2D eigenvalue weighted by molar-refractivity contribution is 0.0515. The Bertz CT molecular complexity index is 934. The van der Waals surface area contributed by atoms with E-state index in [-0.39, 0.29) is 6.79 Å². The molecule has 0 saturated carbocycles. The fourth-order valence-corrected chi connectivity index (χ4v) is 3.71. The zero-order valence-corrected chi connectivity index (χ0v) is 18.4. The van der Waals surface area contributed by atoms with Gasteiger partial charge in [0.05, 0.1) is 5.69 Å². The van der Waals surface area contributed by atoms with E-state index < -0.39 is 8.07 Å². The molecule has 0 amide bonds. The van der Waals surface area contributed by atoms with Gasteiger partial charge in [-0.05, 0) is 36.7 Å². The molecule has 7 heteroatoms. The van der Waals surface area contributed by atoms with Gasteiger partial charge in [0.25, 0.3) is 0 Å². The Labute approximate surface area is 167 Å². The van der Waals surface area contributed by atoms with E-state index in [2.05, 4.69) is 49.0 Å². The fourth-order valence-electron chi connectivity index (χ4n) is 2.95. The minimum Gasteiger partial charge on any atom is -0.467 e. The second kappa shape index (κ2) is 8.85. The van der Waals surface area contributed by atoms with Crippen LogP contribution in [0.15, 0.2) is 36.5 Å². The molecule has 0 fully saturated rings. The van der Waals surface area contributed by atoms with Gasteiger partial charge in [0.1, 0.15) is 12.5 Å². The first-order chi connectivity index (χ1) is 13.4. The first-order valence-electron chi connectivity index (χ1n) is 9.51. The molecule has 0 spiro atoms. The Morgan fingerprint density at radius 2 is 1.89 bits per heavy atom. The van der Waals surface area contributed by atoms with Crippen molar-refractivity contribution in [3.05, 3.63) is 42.1 Å². The van der Waals surface area contributed by atoms with Crippen molar-refractivity contribution in [2.45, 2.75) is 39.3 Å². The number of hydrogen-bond donors (Lipinski definition) is 0. The lowest BCUT2D eigenvalue weighted by Crippen LogP contribution is -2.22. The molecule has 0 N–H and O–H groups in total. The van der Waals surface area contributed by atoms with Crippen molar-refractivity contribution >= 4 is 19.1 Å². The van der Waals surface area contributed by atoms with Crippen molar-refractivity contribution in [3.8, 4) is 17.0 Å². The number of aryl methyl sites for hydroxylation is 1. The second-order valence-corrected chi connectivity index (χ2v) is 13.8. The van der Waals surface area contributed by atoms with E-state index >= 15 is 0 Å². The number of methoxy groups -OCH3 is 1. The first-order valence-corrected chi connectivity index (χ1v) is 13.2. The van der Waals surface area contributed by atoms with Gasteiger partial charge in [0, 0.05) is 38.9 Å². The third-order valence-corrected chi connectivity index (χ3v) is 6.25. The number of ether oxygens (including phenoxy) is 3. The van der Waals surface area contributed by atoms with Gasteiger partial charge in [-0.2, -0.15) is 0 Å². The minimum absolute atomic E-state index is 0.191. The molecule has 150 valence electrons. The van der Waals surface area contributed by atoms with Gasteiger partial charge in [-0.3, -0.25) is 0 Å². The predicted octanol–water partition coefficient (Wildman–Crippen LogP) is 4.70. The molecule has 0 saturated heterocycles. The number of nitrogens with zero attached hydrogens (tertiary/aromatic N) is 3. The quantitative estimate of drug-likeness (QED) is 0.296. The molecular formula is C21H29N3O3Si. The maximum Gasteiger partial charge on any atom is 0.188 e. The summed E-state index contributed by atoms with van der Waals surface area (Å²) in [4.78, 5) is 0. The molecule has 0 radical (unpaired) electrons. The molecule has 0 atom stereocenters. The summed E-state index contributed by atoms with van der Waals surface area (Å²) in [6, 6.07) is 11.0. The maximum absolute atomic E-state index is 5.89. The summed E-state index contributed by atoms with van der Waals surface area (Å²) >= 11 is 0. The van der Waals surface area contributed by atoms with Crippen LogP contribution in [0.1, 0.15) is 5.56 Å². The molecule has 1 aromatic carbocycles. The molecule has 0 aliphatic heterocycles. The Kier molecular flexibility index (Phi) is 6.48. The topological polar surface area (TPSA) is 58.4 Å². The van der Waals surface area contributed by atoms with Gasteiger partial charge >= 0.3 is 0 Å². The van der Waals surface area contributed by atoms with Gasteiger partial charge in [-0.25, -0.2) is 0 Å². The van der Waals surface area contributed by atoms with Crippen LogP contribution >= 0.6 is 0 Å². The van der Waals surface area contributed by atoms with Crippen molar-refractivity contribution in [1.82, 2.24) is 14.8 Å². The zero-order chi connectivity index (χ0) is 20.1. The predicted molar refractivity (Wildman–Crippen MR) is 114 cm³/mol. The highest BCUT2D eigenvalue weighted by Gasteiger charge is 2.14. The molecule has 3 aromatic rings. The zero-order valence-electron chi connectivity index (χ0n) is 17.4. The minimum atomic E-state index is -1.09. The number of para-hydroxylation sites is 1. The average molecular weight is 400 g/mol. The Morgan fingerprint density at radius 3 is 2.64 bits per heavy atom. The van der Waals surface area contributed by atoms with Crippen molar-refractivity contribution < 1.29 is 14.2 Å². The maximum atomic E-state index is 5.89. The van der Waals surface area contributed by atoms with E-state index in [1.54, 1.807) is 7.11 Å². The van der Waals surface area contributed by atoms with Crippen LogP contribution < -0.4 is 4.74 Å². The molecular weight excluding hydrogens is 370 g/mol. The van der Waals surface area contributed by atoms with Gasteiger partial charge in [-0.1, -0.05) is 31.8 Å². The third-order valence-electron chi connectivity index (χ3n) is 4.54. The number of hydrogen-bond acceptors (Lipinski definition) is 5. The normalized spacial score (nSPS) is 11.9. The number of rotatable bonds is 9. The summed E-state index contributed by atoms with van der Waals surface area (Å²) in [6.07, 6.45) is 2.07. The molecule has 28 heavy (non-hydrogen) atoms. The van der Waals surface area contributed by atoms with E-state index in [1.807, 2.05) is 28.8 Å². The van der Waals surface area contributed by atoms with Crippen LogP contribution in [0.3, 0.4) is 0 Å². The monoisotopic (exact) mass is 399 g/mol. The van der Waals surface area contributed by atoms with Crippen molar-refractivity contribution in [2.75, 3.05) is 20.5 Å². The van der Waals surface area contributed by atoms with Crippen LogP contribution in [0.2, 0.25) is 25.7 Å². The smallest absolute Gasteiger partial charge is 0.188 e. The summed E-state index contributed by atoms with van der Waals surface area (Å²) in [6.45, 7) is 10.6. The van der Waals surface area contributed by atoms with Gasteiger partial charge in [0.15, 0.2) is 12.4 Å². The van der Waals surface area contributed by atoms with Crippen LogP contribution in [0.5, 0.6) is 5.75 Å². The molecule has 0 aliphatic rings. The van der Waals surface area contributed by atoms with Crippen LogP contribution in [-0.4, -0.2) is 43.3 Å². The summed E-state index contributed by atoms with van der Waals surface area (Å²) in [7, 11) is 0.516. The highest BCUT2D eigenvalue weighted by Crippen LogP contribution is 2.30. The molecule has 6 nitrogen and oxygen atoms in total. The van der Waals surface area contributed by atoms with E-state index in [9.17, 15) is 0 Å². The van der Waals surface area contributed by atoms with Gasteiger partial charge in [-0.15, -0.1) is 10.2 Å². The molecule has 3 rings (SSSR count). The van der Waals surface area contributed by atoms with Crippen molar-refractivity contribution in [2.24, 2.45) is 0 Å². The van der Waals surface area contributed by atoms with E-state index in [0.717, 1.165) is 46.3 Å². The first kappa shape index (κ1) is 20.5. The van der Waals surface area contributed by atoms with Crippen LogP contribution in [0, 0.1) is 6.92 Å². The van der Waals surface area contributed by atoms with Gasteiger partial charge < -0.3 is 18.8 Å². The summed E-state index contributed by atoms with van der Waals surface area (Å²) in [5, 5.41) is 10.00. The lowest BCUT2D eigenvalue weighted by Gasteiger charge is -2.15. The summed E-state index contributed by atoms with van der Waals surface area (Å²) < 4.78 is 18.6. The van der Waals surface area contributed by atoms with Crippen LogP contribution in [-0.2, 0) is 16.2 Å². The molecule has 2 aromatic heterocycles. The van der Waals surface area contributed by atoms with E-state index in [0.29, 0.717) is 6.73 Å². The SMILES string of the molecule is COCOc1ccccc1-c1cc2c(C)cn(COCC[Si](C)(C)C)c2nn1. The Morgan fingerprint density at radius 1 is 1.11 bits per heavy atom. The van der Waals surface area contributed by atoms with Crippen molar-refractivity contribution in [3.63, 3.8) is 0 Å². The number of aromatic nitrogens is 3. The molecule has 0 aliphatic carbocycles. The van der Waals surface area contributed by atoms with E-state index in [4.69, 9.17) is 14.2 Å². The average Bonchev–Trinajstić information content (AvgIpc) is 2.98. The molecule has 0 bridgehead atoms.